The SMILES string of the molecule is COC(=O)c1c(F)ccc(F)c1[N+](=O)[O-]. The number of carbonyl (C=O) groups excluding carboxylic acids is 1. The Morgan fingerprint density at radius 1 is 1.40 bits per heavy atom. The highest BCUT2D eigenvalue weighted by atomic mass is 19.1. The zero-order chi connectivity index (χ0) is 11.6. The van der Waals surface area contributed by atoms with Gasteiger partial charge in [-0.2, -0.15) is 4.39 Å². The van der Waals surface area contributed by atoms with Crippen LogP contribution >= 0.6 is 0 Å². The van der Waals surface area contributed by atoms with E-state index < -0.39 is 33.8 Å². The molecule has 0 radical (unpaired) electrons. The first kappa shape index (κ1) is 11.0. The molecule has 7 heteroatoms. The topological polar surface area (TPSA) is 69.4 Å². The zero-order valence-corrected chi connectivity index (χ0v) is 7.49. The smallest absolute Gasteiger partial charge is 0.348 e. The molecule has 0 spiro atoms. The second kappa shape index (κ2) is 3.99. The summed E-state index contributed by atoms with van der Waals surface area (Å²) in [6, 6.07) is 1.19. The molecule has 15 heavy (non-hydrogen) atoms. The molecule has 0 saturated heterocycles. The van der Waals surface area contributed by atoms with Gasteiger partial charge in [0.25, 0.3) is 0 Å². The molecule has 0 saturated carbocycles. The van der Waals surface area contributed by atoms with Crippen LogP contribution in [0.1, 0.15) is 10.4 Å². The number of methoxy groups -OCH3 is 1. The van der Waals surface area contributed by atoms with Gasteiger partial charge in [-0.1, -0.05) is 0 Å². The molecule has 0 bridgehead atoms. The van der Waals surface area contributed by atoms with Gasteiger partial charge >= 0.3 is 11.7 Å². The molecule has 0 amide bonds. The van der Waals surface area contributed by atoms with E-state index in [0.717, 1.165) is 7.11 Å². The Morgan fingerprint density at radius 3 is 2.40 bits per heavy atom. The van der Waals surface area contributed by atoms with Crippen LogP contribution in [0.3, 0.4) is 0 Å². The summed E-state index contributed by atoms with van der Waals surface area (Å²) < 4.78 is 30.1. The quantitative estimate of drug-likeness (QED) is 0.429. The Morgan fingerprint density at radius 2 is 1.93 bits per heavy atom. The third-order valence-corrected chi connectivity index (χ3v) is 1.65. The van der Waals surface area contributed by atoms with Gasteiger partial charge in [0.05, 0.1) is 12.0 Å². The maximum Gasteiger partial charge on any atom is 0.348 e. The average Bonchev–Trinajstić information content (AvgIpc) is 2.19. The van der Waals surface area contributed by atoms with Crippen molar-refractivity contribution in [3.63, 3.8) is 0 Å². The van der Waals surface area contributed by atoms with Gasteiger partial charge in [-0.15, -0.1) is 0 Å². The van der Waals surface area contributed by atoms with Gasteiger partial charge < -0.3 is 4.74 Å². The first-order valence-corrected chi connectivity index (χ1v) is 3.69. The van der Waals surface area contributed by atoms with E-state index in [2.05, 4.69) is 4.74 Å². The van der Waals surface area contributed by atoms with Gasteiger partial charge in [-0.05, 0) is 12.1 Å². The highest BCUT2D eigenvalue weighted by molar-refractivity contribution is 5.94. The molecule has 0 aliphatic carbocycles. The summed E-state index contributed by atoms with van der Waals surface area (Å²) in [4.78, 5) is 20.2. The van der Waals surface area contributed by atoms with E-state index in [9.17, 15) is 23.7 Å². The number of nitrogens with zero attached hydrogens (tertiary/aromatic N) is 1. The Labute approximate surface area is 82.4 Å². The van der Waals surface area contributed by atoms with Crippen LogP contribution in [0.4, 0.5) is 14.5 Å². The van der Waals surface area contributed by atoms with Crippen molar-refractivity contribution >= 4 is 11.7 Å². The number of benzene rings is 1. The van der Waals surface area contributed by atoms with Crippen LogP contribution in [0.15, 0.2) is 12.1 Å². The van der Waals surface area contributed by atoms with Gasteiger partial charge in [0.1, 0.15) is 5.82 Å². The summed E-state index contributed by atoms with van der Waals surface area (Å²) >= 11 is 0. The van der Waals surface area contributed by atoms with Crippen molar-refractivity contribution < 1.29 is 23.2 Å². The monoisotopic (exact) mass is 217 g/mol. The van der Waals surface area contributed by atoms with Gasteiger partial charge in [0, 0.05) is 0 Å². The van der Waals surface area contributed by atoms with E-state index in [1.54, 1.807) is 0 Å². The fourth-order valence-electron chi connectivity index (χ4n) is 1.02. The number of nitro groups is 1. The molecule has 5 nitrogen and oxygen atoms in total. The van der Waals surface area contributed by atoms with E-state index in [1.165, 1.54) is 0 Å². The van der Waals surface area contributed by atoms with Gasteiger partial charge in [-0.3, -0.25) is 10.1 Å². The highest BCUT2D eigenvalue weighted by Crippen LogP contribution is 2.25. The second-order valence-electron chi connectivity index (χ2n) is 2.50. The third kappa shape index (κ3) is 1.90. The van der Waals surface area contributed by atoms with E-state index in [1.807, 2.05) is 0 Å². The van der Waals surface area contributed by atoms with Crippen molar-refractivity contribution in [2.75, 3.05) is 7.11 Å². The molecule has 0 fully saturated rings. The number of esters is 1. The summed E-state index contributed by atoms with van der Waals surface area (Å²) in [5, 5.41) is 10.4. The molecule has 1 rings (SSSR count). The average molecular weight is 217 g/mol. The van der Waals surface area contributed by atoms with Crippen LogP contribution in [0, 0.1) is 21.7 Å². The number of carbonyl (C=O) groups is 1. The normalized spacial score (nSPS) is 9.80. The maximum absolute atomic E-state index is 13.1. The molecule has 0 aliphatic heterocycles. The molecular weight excluding hydrogens is 212 g/mol. The van der Waals surface area contributed by atoms with Crippen molar-refractivity contribution in [1.29, 1.82) is 0 Å². The molecule has 0 N–H and O–H groups in total. The Hall–Kier alpha value is -2.05. The van der Waals surface area contributed by atoms with E-state index in [0.29, 0.717) is 12.1 Å². The third-order valence-electron chi connectivity index (χ3n) is 1.65. The lowest BCUT2D eigenvalue weighted by atomic mass is 10.1. The number of halogens is 2. The molecule has 0 unspecified atom stereocenters. The number of hydrogen-bond donors (Lipinski definition) is 0. The first-order chi connectivity index (χ1) is 6.99. The van der Waals surface area contributed by atoms with Crippen LogP contribution in [0.2, 0.25) is 0 Å². The van der Waals surface area contributed by atoms with Crippen LogP contribution in [0.25, 0.3) is 0 Å². The lowest BCUT2D eigenvalue weighted by Gasteiger charge is -2.02. The lowest BCUT2D eigenvalue weighted by Crippen LogP contribution is -2.10. The van der Waals surface area contributed by atoms with Crippen molar-refractivity contribution in [3.8, 4) is 0 Å². The predicted molar refractivity (Wildman–Crippen MR) is 44.4 cm³/mol. The molecule has 0 heterocycles. The molecule has 80 valence electrons. The summed E-state index contributed by atoms with van der Waals surface area (Å²) in [5.74, 6) is -3.78. The molecular formula is C8H5F2NO4. The minimum atomic E-state index is -1.29. The molecule has 1 aromatic rings. The van der Waals surface area contributed by atoms with E-state index in [-0.39, 0.29) is 0 Å². The highest BCUT2D eigenvalue weighted by Gasteiger charge is 2.29. The number of rotatable bonds is 2. The van der Waals surface area contributed by atoms with Crippen LogP contribution in [-0.2, 0) is 4.74 Å². The van der Waals surface area contributed by atoms with E-state index in [4.69, 9.17) is 0 Å². The van der Waals surface area contributed by atoms with E-state index >= 15 is 0 Å². The van der Waals surface area contributed by atoms with Crippen molar-refractivity contribution in [1.82, 2.24) is 0 Å². The predicted octanol–water partition coefficient (Wildman–Crippen LogP) is 1.66. The fourth-order valence-corrected chi connectivity index (χ4v) is 1.02. The van der Waals surface area contributed by atoms with Crippen molar-refractivity contribution in [2.24, 2.45) is 0 Å². The zero-order valence-electron chi connectivity index (χ0n) is 7.49. The summed E-state index contributed by atoms with van der Waals surface area (Å²) in [6.07, 6.45) is 0. The maximum atomic E-state index is 13.1. The fraction of sp³-hybridized carbons (Fsp3) is 0.125. The minimum Gasteiger partial charge on any atom is -0.465 e. The van der Waals surface area contributed by atoms with Crippen molar-refractivity contribution in [3.05, 3.63) is 39.4 Å². The molecule has 0 aromatic heterocycles. The Balaban J connectivity index is 3.52. The molecule has 1 aromatic carbocycles. The van der Waals surface area contributed by atoms with Gasteiger partial charge in [0.2, 0.25) is 5.82 Å². The molecule has 0 atom stereocenters. The minimum absolute atomic E-state index is 0.569. The standard InChI is InChI=1S/C8H5F2NO4/c1-15-8(12)6-4(9)2-3-5(10)7(6)11(13)14/h2-3H,1H3. The molecule has 0 aliphatic rings. The summed E-state index contributed by atoms with van der Waals surface area (Å²) in [5.41, 5.74) is -2.23. The number of hydrogen-bond acceptors (Lipinski definition) is 4. The van der Waals surface area contributed by atoms with Crippen LogP contribution < -0.4 is 0 Å². The first-order valence-electron chi connectivity index (χ1n) is 3.69. The van der Waals surface area contributed by atoms with Crippen molar-refractivity contribution in [2.45, 2.75) is 0 Å². The van der Waals surface area contributed by atoms with Gasteiger partial charge in [-0.25, -0.2) is 9.18 Å². The van der Waals surface area contributed by atoms with Crippen LogP contribution in [-0.4, -0.2) is 18.0 Å². The van der Waals surface area contributed by atoms with Crippen LogP contribution in [0.5, 0.6) is 0 Å². The summed E-state index contributed by atoms with van der Waals surface area (Å²) in [7, 11) is 0.913. The van der Waals surface area contributed by atoms with Gasteiger partial charge in [0.15, 0.2) is 5.56 Å². The number of ether oxygens (including phenoxy) is 1. The largest absolute Gasteiger partial charge is 0.465 e. The lowest BCUT2D eigenvalue weighted by molar-refractivity contribution is -0.388. The summed E-state index contributed by atoms with van der Waals surface area (Å²) in [6.45, 7) is 0. The second-order valence-corrected chi connectivity index (χ2v) is 2.50. The number of nitro benzene ring substituents is 1. The Bertz CT molecular complexity index is 433. The Kier molecular flexibility index (Phi) is 2.93.